The van der Waals surface area contributed by atoms with Crippen LogP contribution in [0.2, 0.25) is 10.0 Å². The molecule has 1 aromatic heterocycles. The highest BCUT2D eigenvalue weighted by Gasteiger charge is 2.57. The van der Waals surface area contributed by atoms with Gasteiger partial charge in [-0.3, -0.25) is 9.59 Å². The van der Waals surface area contributed by atoms with E-state index in [1.54, 1.807) is 12.1 Å². The smallest absolute Gasteiger partial charge is 0.354 e. The lowest BCUT2D eigenvalue weighted by Crippen LogP contribution is -2.43. The Hall–Kier alpha value is -3.69. The first kappa shape index (κ1) is 23.5. The van der Waals surface area contributed by atoms with E-state index >= 15 is 0 Å². The molecule has 2 amide bonds. The van der Waals surface area contributed by atoms with E-state index in [0.717, 1.165) is 11.3 Å². The fraction of sp³-hybridized carbons (Fsp3) is 0.174. The molecule has 4 rings (SSSR count). The highest BCUT2D eigenvalue weighted by molar-refractivity contribution is 6.43. The largest absolute Gasteiger partial charge is 0.366 e. The second-order valence-corrected chi connectivity index (χ2v) is 8.42. The molecule has 1 aliphatic rings. The number of benzene rings is 2. The van der Waals surface area contributed by atoms with Crippen LogP contribution in [0.5, 0.6) is 0 Å². The number of hydroxylamine groups is 1. The van der Waals surface area contributed by atoms with Gasteiger partial charge in [-0.25, -0.2) is 14.8 Å². The number of anilines is 2. The number of rotatable bonds is 7. The van der Waals surface area contributed by atoms with Crippen molar-refractivity contribution in [3.8, 4) is 0 Å². The van der Waals surface area contributed by atoms with Crippen molar-refractivity contribution < 1.29 is 19.2 Å². The second kappa shape index (κ2) is 10.1. The van der Waals surface area contributed by atoms with Crippen LogP contribution in [0.3, 0.4) is 0 Å². The molecule has 1 fully saturated rings. The third-order valence-corrected chi connectivity index (χ3v) is 6.11. The Morgan fingerprint density at radius 1 is 0.971 bits per heavy atom. The number of nitrogens with one attached hydrogen (secondary N) is 3. The van der Waals surface area contributed by atoms with Gasteiger partial charge in [0.25, 0.3) is 5.91 Å². The molecule has 0 atom stereocenters. The number of carbonyl (C=O) groups excluding carboxylic acids is 3. The molecule has 3 N–H and O–H groups in total. The maximum atomic E-state index is 12.7. The number of amides is 2. The van der Waals surface area contributed by atoms with Gasteiger partial charge in [-0.05, 0) is 42.7 Å². The lowest BCUT2D eigenvalue weighted by atomic mass is 10.1. The van der Waals surface area contributed by atoms with Crippen LogP contribution < -0.4 is 16.1 Å². The van der Waals surface area contributed by atoms with Crippen LogP contribution in [0.25, 0.3) is 0 Å². The lowest BCUT2D eigenvalue weighted by molar-refractivity contribution is -0.143. The monoisotopic (exact) mass is 499 g/mol. The Labute approximate surface area is 204 Å². The Kier molecular flexibility index (Phi) is 6.95. The summed E-state index contributed by atoms with van der Waals surface area (Å²) in [5, 5.41) is 6.83. The molecule has 34 heavy (non-hydrogen) atoms. The van der Waals surface area contributed by atoms with Crippen LogP contribution in [-0.2, 0) is 21.0 Å². The van der Waals surface area contributed by atoms with Gasteiger partial charge >= 0.3 is 5.97 Å². The van der Waals surface area contributed by atoms with Crippen molar-refractivity contribution >= 4 is 52.4 Å². The molecule has 2 aromatic carbocycles. The van der Waals surface area contributed by atoms with E-state index in [1.807, 2.05) is 30.3 Å². The Morgan fingerprint density at radius 3 is 2.35 bits per heavy atom. The SMILES string of the molecule is O=C(ONC(=O)C1(C(=O)NCc2ccc(Nc3cccc(Cl)c3Cl)cc2)CC1)c1cncnc1. The minimum atomic E-state index is -1.25. The summed E-state index contributed by atoms with van der Waals surface area (Å²) in [6, 6.07) is 12.7. The first-order valence-electron chi connectivity index (χ1n) is 10.2. The summed E-state index contributed by atoms with van der Waals surface area (Å²) in [5.41, 5.74) is 3.20. The topological polar surface area (TPSA) is 122 Å². The van der Waals surface area contributed by atoms with Crippen molar-refractivity contribution in [1.82, 2.24) is 20.8 Å². The Bertz CT molecular complexity index is 1220. The van der Waals surface area contributed by atoms with Gasteiger partial charge in [0.15, 0.2) is 0 Å². The van der Waals surface area contributed by atoms with Gasteiger partial charge in [-0.1, -0.05) is 41.4 Å². The van der Waals surface area contributed by atoms with Gasteiger partial charge in [-0.2, -0.15) is 5.48 Å². The van der Waals surface area contributed by atoms with E-state index in [-0.39, 0.29) is 12.1 Å². The number of nitrogens with zero attached hydrogens (tertiary/aromatic N) is 2. The molecule has 0 aliphatic heterocycles. The van der Waals surface area contributed by atoms with Crippen LogP contribution in [-0.4, -0.2) is 27.8 Å². The summed E-state index contributed by atoms with van der Waals surface area (Å²) in [6.45, 7) is 0.229. The molecular formula is C23H19Cl2N5O4. The molecule has 9 nitrogen and oxygen atoms in total. The quantitative estimate of drug-likeness (QED) is 0.333. The molecule has 0 unspecified atom stereocenters. The zero-order valence-corrected chi connectivity index (χ0v) is 19.2. The average Bonchev–Trinajstić information content (AvgIpc) is 3.67. The number of carbonyl (C=O) groups is 3. The molecule has 0 bridgehead atoms. The molecule has 1 heterocycles. The van der Waals surface area contributed by atoms with Crippen molar-refractivity contribution in [2.24, 2.45) is 5.41 Å². The molecule has 1 saturated carbocycles. The van der Waals surface area contributed by atoms with Crippen LogP contribution in [0, 0.1) is 5.41 Å². The second-order valence-electron chi connectivity index (χ2n) is 7.64. The summed E-state index contributed by atoms with van der Waals surface area (Å²) < 4.78 is 0. The third kappa shape index (κ3) is 5.27. The van der Waals surface area contributed by atoms with E-state index in [4.69, 9.17) is 28.0 Å². The number of aromatic nitrogens is 2. The standard InChI is InChI=1S/C23H19Cl2N5O4/c24-17-2-1-3-18(19(17)25)29-16-6-4-14(5-7-16)10-28-21(32)23(8-9-23)22(33)30-34-20(31)15-11-26-13-27-12-15/h1-7,11-13,29H,8-10H2,(H,28,32)(H,30,33). The first-order valence-corrected chi connectivity index (χ1v) is 11.0. The fourth-order valence-electron chi connectivity index (χ4n) is 3.15. The van der Waals surface area contributed by atoms with Gasteiger partial charge < -0.3 is 15.5 Å². The molecule has 0 saturated heterocycles. The summed E-state index contributed by atoms with van der Waals surface area (Å²) in [5.74, 6) is -1.93. The number of hydrogen-bond donors (Lipinski definition) is 3. The third-order valence-electron chi connectivity index (χ3n) is 5.29. The highest BCUT2D eigenvalue weighted by Crippen LogP contribution is 2.46. The number of halogens is 2. The summed E-state index contributed by atoms with van der Waals surface area (Å²) in [6.07, 6.45) is 4.49. The van der Waals surface area contributed by atoms with E-state index < -0.39 is 23.2 Å². The molecule has 0 spiro atoms. The Morgan fingerprint density at radius 2 is 1.68 bits per heavy atom. The Balaban J connectivity index is 1.28. The van der Waals surface area contributed by atoms with Crippen LogP contribution >= 0.6 is 23.2 Å². The molecule has 174 valence electrons. The van der Waals surface area contributed by atoms with E-state index in [2.05, 4.69) is 26.1 Å². The molecule has 0 radical (unpaired) electrons. The summed E-state index contributed by atoms with van der Waals surface area (Å²) in [7, 11) is 0. The van der Waals surface area contributed by atoms with Gasteiger partial charge in [-0.15, -0.1) is 0 Å². The zero-order chi connectivity index (χ0) is 24.1. The molecule has 3 aromatic rings. The average molecular weight is 500 g/mol. The van der Waals surface area contributed by atoms with Gasteiger partial charge in [0, 0.05) is 24.6 Å². The summed E-state index contributed by atoms with van der Waals surface area (Å²) in [4.78, 5) is 49.3. The van der Waals surface area contributed by atoms with Crippen molar-refractivity contribution in [2.75, 3.05) is 5.32 Å². The molecule has 1 aliphatic carbocycles. The van der Waals surface area contributed by atoms with Gasteiger partial charge in [0.2, 0.25) is 5.91 Å². The number of hydrogen-bond acceptors (Lipinski definition) is 7. The van der Waals surface area contributed by atoms with Crippen LogP contribution in [0.1, 0.15) is 28.8 Å². The minimum absolute atomic E-state index is 0.0765. The fourth-order valence-corrected chi connectivity index (χ4v) is 3.50. The maximum absolute atomic E-state index is 12.7. The van der Waals surface area contributed by atoms with Crippen molar-refractivity contribution in [1.29, 1.82) is 0 Å². The normalized spacial score (nSPS) is 13.5. The molecular weight excluding hydrogens is 481 g/mol. The van der Waals surface area contributed by atoms with Crippen LogP contribution in [0.15, 0.2) is 61.2 Å². The van der Waals surface area contributed by atoms with Crippen molar-refractivity contribution in [2.45, 2.75) is 19.4 Å². The molecule has 11 heteroatoms. The van der Waals surface area contributed by atoms with Crippen molar-refractivity contribution in [3.05, 3.63) is 82.4 Å². The van der Waals surface area contributed by atoms with E-state index in [0.29, 0.717) is 28.6 Å². The van der Waals surface area contributed by atoms with Gasteiger partial charge in [0.1, 0.15) is 11.7 Å². The predicted molar refractivity (Wildman–Crippen MR) is 125 cm³/mol. The highest BCUT2D eigenvalue weighted by atomic mass is 35.5. The van der Waals surface area contributed by atoms with E-state index in [9.17, 15) is 14.4 Å². The maximum Gasteiger partial charge on any atom is 0.366 e. The van der Waals surface area contributed by atoms with Crippen molar-refractivity contribution in [3.63, 3.8) is 0 Å². The summed E-state index contributed by atoms with van der Waals surface area (Å²) >= 11 is 12.2. The predicted octanol–water partition coefficient (Wildman–Crippen LogP) is 3.81. The van der Waals surface area contributed by atoms with Crippen LogP contribution in [0.4, 0.5) is 11.4 Å². The minimum Gasteiger partial charge on any atom is -0.354 e. The first-order chi connectivity index (χ1) is 16.4. The zero-order valence-electron chi connectivity index (χ0n) is 17.7. The van der Waals surface area contributed by atoms with Gasteiger partial charge in [0.05, 0.1) is 21.3 Å². The lowest BCUT2D eigenvalue weighted by Gasteiger charge is -2.15. The van der Waals surface area contributed by atoms with E-state index in [1.165, 1.54) is 18.7 Å².